The Hall–Kier alpha value is -1.91. The molecule has 0 bridgehead atoms. The van der Waals surface area contributed by atoms with E-state index in [2.05, 4.69) is 5.32 Å². The first-order chi connectivity index (χ1) is 11.0. The highest BCUT2D eigenvalue weighted by Crippen LogP contribution is 2.45. The van der Waals surface area contributed by atoms with Gasteiger partial charge in [-0.2, -0.15) is 0 Å². The fourth-order valence-corrected chi connectivity index (χ4v) is 3.01. The Bertz CT molecular complexity index is 718. The van der Waals surface area contributed by atoms with Gasteiger partial charge in [0.15, 0.2) is 0 Å². The molecule has 1 unspecified atom stereocenters. The highest BCUT2D eigenvalue weighted by Gasteiger charge is 2.45. The molecule has 120 valence electrons. The summed E-state index contributed by atoms with van der Waals surface area (Å²) in [5, 5.41) is 13.8. The van der Waals surface area contributed by atoms with Crippen LogP contribution in [0.15, 0.2) is 48.5 Å². The van der Waals surface area contributed by atoms with Crippen LogP contribution in [0.3, 0.4) is 0 Å². The minimum absolute atomic E-state index is 0.0529. The number of benzene rings is 2. The van der Waals surface area contributed by atoms with Crippen LogP contribution in [0.5, 0.6) is 0 Å². The second-order valence-electron chi connectivity index (χ2n) is 5.87. The minimum atomic E-state index is -1.09. The molecule has 1 fully saturated rings. The van der Waals surface area contributed by atoms with Crippen molar-refractivity contribution in [3.05, 3.63) is 70.5 Å². The molecule has 1 amide bonds. The van der Waals surface area contributed by atoms with E-state index < -0.39 is 17.3 Å². The van der Waals surface area contributed by atoms with Crippen molar-refractivity contribution in [2.45, 2.75) is 18.4 Å². The summed E-state index contributed by atoms with van der Waals surface area (Å²) in [6, 6.07) is 12.9. The van der Waals surface area contributed by atoms with Crippen molar-refractivity contribution >= 4 is 17.5 Å². The lowest BCUT2D eigenvalue weighted by molar-refractivity contribution is 0.0135. The molecule has 3 rings (SSSR count). The van der Waals surface area contributed by atoms with Crippen molar-refractivity contribution in [3.8, 4) is 0 Å². The second-order valence-corrected chi connectivity index (χ2v) is 6.28. The van der Waals surface area contributed by atoms with Gasteiger partial charge in [-0.25, -0.2) is 4.39 Å². The molecule has 0 aromatic heterocycles. The van der Waals surface area contributed by atoms with Crippen LogP contribution in [0, 0.1) is 11.7 Å². The lowest BCUT2D eigenvalue weighted by Gasteiger charge is -2.29. The van der Waals surface area contributed by atoms with Crippen LogP contribution >= 0.6 is 11.6 Å². The Morgan fingerprint density at radius 2 is 1.96 bits per heavy atom. The van der Waals surface area contributed by atoms with Crippen molar-refractivity contribution in [1.29, 1.82) is 0 Å². The molecule has 1 aliphatic carbocycles. The summed E-state index contributed by atoms with van der Waals surface area (Å²) in [7, 11) is 0. The summed E-state index contributed by atoms with van der Waals surface area (Å²) in [5.74, 6) is -0.788. The smallest absolute Gasteiger partial charge is 0.252 e. The Balaban J connectivity index is 1.76. The van der Waals surface area contributed by atoms with Crippen LogP contribution in [0.2, 0.25) is 5.02 Å². The normalized spacial score (nSPS) is 16.7. The molecule has 1 aliphatic rings. The zero-order valence-corrected chi connectivity index (χ0v) is 13.2. The number of rotatable bonds is 5. The largest absolute Gasteiger partial charge is 0.383 e. The third kappa shape index (κ3) is 3.38. The summed E-state index contributed by atoms with van der Waals surface area (Å²) < 4.78 is 13.1. The number of amides is 1. The topological polar surface area (TPSA) is 49.3 Å². The van der Waals surface area contributed by atoms with Crippen molar-refractivity contribution < 1.29 is 14.3 Å². The molecule has 0 heterocycles. The molecule has 2 N–H and O–H groups in total. The molecule has 23 heavy (non-hydrogen) atoms. The van der Waals surface area contributed by atoms with E-state index in [1.165, 1.54) is 12.1 Å². The van der Waals surface area contributed by atoms with Gasteiger partial charge < -0.3 is 10.4 Å². The van der Waals surface area contributed by atoms with E-state index in [9.17, 15) is 14.3 Å². The number of aliphatic hydroxyl groups is 1. The van der Waals surface area contributed by atoms with Crippen LogP contribution in [0.4, 0.5) is 4.39 Å². The van der Waals surface area contributed by atoms with E-state index in [4.69, 9.17) is 11.6 Å². The van der Waals surface area contributed by atoms with Gasteiger partial charge in [0.05, 0.1) is 17.1 Å². The monoisotopic (exact) mass is 333 g/mol. The van der Waals surface area contributed by atoms with E-state index in [0.29, 0.717) is 0 Å². The first kappa shape index (κ1) is 16.0. The third-order valence-electron chi connectivity index (χ3n) is 4.22. The lowest BCUT2D eigenvalue weighted by Crippen LogP contribution is -2.42. The van der Waals surface area contributed by atoms with Gasteiger partial charge in [0.25, 0.3) is 5.91 Å². The maximum absolute atomic E-state index is 13.1. The fraction of sp³-hybridized carbons (Fsp3) is 0.278. The number of hydrogen-bond donors (Lipinski definition) is 2. The van der Waals surface area contributed by atoms with Gasteiger partial charge in [-0.1, -0.05) is 41.9 Å². The SMILES string of the molecule is O=C(NCC(O)(c1ccccc1)C1CC1)c1ccc(F)cc1Cl. The van der Waals surface area contributed by atoms with Crippen LogP contribution in [-0.4, -0.2) is 17.6 Å². The van der Waals surface area contributed by atoms with Gasteiger partial charge in [0.1, 0.15) is 11.4 Å². The average molecular weight is 334 g/mol. The standard InChI is InChI=1S/C18H17ClFNO2/c19-16-10-14(20)8-9-15(16)17(22)21-11-18(23,13-6-7-13)12-4-2-1-3-5-12/h1-5,8-10,13,23H,6-7,11H2,(H,21,22). The molecule has 1 atom stereocenters. The predicted molar refractivity (Wildman–Crippen MR) is 86.8 cm³/mol. The van der Waals surface area contributed by atoms with Gasteiger partial charge in [0.2, 0.25) is 0 Å². The van der Waals surface area contributed by atoms with Crippen molar-refractivity contribution in [1.82, 2.24) is 5.32 Å². The molecule has 0 radical (unpaired) electrons. The van der Waals surface area contributed by atoms with Gasteiger partial charge in [-0.05, 0) is 42.5 Å². The summed E-state index contributed by atoms with van der Waals surface area (Å²) in [6.45, 7) is 0.0915. The summed E-state index contributed by atoms with van der Waals surface area (Å²) in [5.41, 5.74) is -0.115. The number of nitrogens with one attached hydrogen (secondary N) is 1. The maximum atomic E-state index is 13.1. The fourth-order valence-electron chi connectivity index (χ4n) is 2.75. The van der Waals surface area contributed by atoms with Gasteiger partial charge in [-0.3, -0.25) is 4.79 Å². The Morgan fingerprint density at radius 3 is 2.57 bits per heavy atom. The van der Waals surface area contributed by atoms with Crippen LogP contribution in [-0.2, 0) is 5.60 Å². The molecule has 5 heteroatoms. The van der Waals surface area contributed by atoms with Crippen molar-refractivity contribution in [2.24, 2.45) is 5.92 Å². The van der Waals surface area contributed by atoms with Crippen LogP contribution in [0.25, 0.3) is 0 Å². The highest BCUT2D eigenvalue weighted by atomic mass is 35.5. The van der Waals surface area contributed by atoms with E-state index in [1.807, 2.05) is 30.3 Å². The van der Waals surface area contributed by atoms with E-state index >= 15 is 0 Å². The zero-order valence-electron chi connectivity index (χ0n) is 12.4. The minimum Gasteiger partial charge on any atom is -0.383 e. The average Bonchev–Trinajstić information content (AvgIpc) is 3.38. The molecule has 0 aliphatic heterocycles. The molecule has 0 saturated heterocycles. The molecular formula is C18H17ClFNO2. The zero-order chi connectivity index (χ0) is 16.4. The number of halogens is 2. The van der Waals surface area contributed by atoms with Crippen molar-refractivity contribution in [2.75, 3.05) is 6.54 Å². The number of carbonyl (C=O) groups is 1. The van der Waals surface area contributed by atoms with Gasteiger partial charge in [0, 0.05) is 0 Å². The molecule has 2 aromatic rings. The molecule has 3 nitrogen and oxygen atoms in total. The van der Waals surface area contributed by atoms with Crippen LogP contribution in [0.1, 0.15) is 28.8 Å². The lowest BCUT2D eigenvalue weighted by atomic mass is 9.88. The molecular weight excluding hydrogens is 317 g/mol. The summed E-state index contributed by atoms with van der Waals surface area (Å²) in [6.07, 6.45) is 1.86. The molecule has 1 saturated carbocycles. The first-order valence-corrected chi connectivity index (χ1v) is 7.89. The highest BCUT2D eigenvalue weighted by molar-refractivity contribution is 6.33. The third-order valence-corrected chi connectivity index (χ3v) is 4.53. The second kappa shape index (κ2) is 6.30. The number of hydrogen-bond acceptors (Lipinski definition) is 2. The van der Waals surface area contributed by atoms with E-state index in [0.717, 1.165) is 24.5 Å². The first-order valence-electron chi connectivity index (χ1n) is 7.52. The Kier molecular flexibility index (Phi) is 4.37. The van der Waals surface area contributed by atoms with E-state index in [-0.39, 0.29) is 23.0 Å². The quantitative estimate of drug-likeness (QED) is 0.879. The summed E-state index contributed by atoms with van der Waals surface area (Å²) in [4.78, 5) is 12.3. The Morgan fingerprint density at radius 1 is 1.26 bits per heavy atom. The predicted octanol–water partition coefficient (Wildman–Crippen LogP) is 3.51. The van der Waals surface area contributed by atoms with Gasteiger partial charge >= 0.3 is 0 Å². The Labute approximate surface area is 139 Å². The van der Waals surface area contributed by atoms with E-state index in [1.54, 1.807) is 0 Å². The molecule has 0 spiro atoms. The molecule has 2 aromatic carbocycles. The number of carbonyl (C=O) groups excluding carboxylic acids is 1. The maximum Gasteiger partial charge on any atom is 0.252 e. The van der Waals surface area contributed by atoms with Crippen LogP contribution < -0.4 is 5.32 Å². The van der Waals surface area contributed by atoms with Crippen molar-refractivity contribution in [3.63, 3.8) is 0 Å². The van der Waals surface area contributed by atoms with Gasteiger partial charge in [-0.15, -0.1) is 0 Å². The summed E-state index contributed by atoms with van der Waals surface area (Å²) >= 11 is 5.90.